The van der Waals surface area contributed by atoms with Crippen LogP contribution in [0.15, 0.2) is 0 Å². The second kappa shape index (κ2) is 40.0. The Morgan fingerprint density at radius 3 is 0.991 bits per heavy atom. The lowest BCUT2D eigenvalue weighted by molar-refractivity contribution is -0.413. The largest absolute Gasteiger partial charge is 0.394 e. The fraction of sp³-hybridized carbons (Fsp3) is 0.969. The summed E-state index contributed by atoms with van der Waals surface area (Å²) in [6, 6.07) is -3.96. The van der Waals surface area contributed by atoms with Gasteiger partial charge in [0.15, 0.2) is 62.9 Å². The summed E-state index contributed by atoms with van der Waals surface area (Å²) in [5, 5.41) is 305. The van der Waals surface area contributed by atoms with Gasteiger partial charge in [0.25, 0.3) is 0 Å². The highest BCUT2D eigenvalue weighted by molar-refractivity contribution is 5.73. The number of hydrogen-bond acceptors (Lipinski definition) is 48. The summed E-state index contributed by atoms with van der Waals surface area (Å²) in [6.45, 7) is -2.23. The third-order valence-corrected chi connectivity index (χ3v) is 21.5. The highest BCUT2D eigenvalue weighted by Crippen LogP contribution is 2.41. The molecule has 662 valence electrons. The van der Waals surface area contributed by atoms with E-state index in [1.165, 1.54) is 20.8 Å². The minimum Gasteiger partial charge on any atom is -0.394 e. The van der Waals surface area contributed by atoms with E-state index >= 15 is 0 Å². The molecular weight excluding hydrogens is 1560 g/mol. The Bertz CT molecular complexity index is 2990. The molecule has 0 unspecified atom stereocenters. The van der Waals surface area contributed by atoms with E-state index < -0.39 is 365 Å². The number of ether oxygens (including phenoxy) is 19. The van der Waals surface area contributed by atoms with Crippen LogP contribution in [0.3, 0.4) is 0 Å². The monoisotopic (exact) mass is 1670 g/mol. The first-order valence-corrected chi connectivity index (χ1v) is 36.7. The second-order valence-corrected chi connectivity index (χ2v) is 29.5. The van der Waals surface area contributed by atoms with Gasteiger partial charge < -0.3 is 239 Å². The Hall–Kier alpha value is -2.90. The van der Waals surface area contributed by atoms with Crippen molar-refractivity contribution in [2.24, 2.45) is 0 Å². The highest BCUT2D eigenvalue weighted by Gasteiger charge is 2.62. The van der Waals surface area contributed by atoms with E-state index in [1.807, 2.05) is 0 Å². The molecule has 10 aliphatic heterocycles. The van der Waals surface area contributed by atoms with Crippen molar-refractivity contribution in [3.8, 4) is 0 Å². The van der Waals surface area contributed by atoms with Crippen LogP contribution >= 0.6 is 0 Å². The van der Waals surface area contributed by atoms with Crippen molar-refractivity contribution >= 4 is 11.8 Å². The predicted molar refractivity (Wildman–Crippen MR) is 349 cm³/mol. The Kier molecular flexibility index (Phi) is 32.7. The molecule has 10 rings (SSSR count). The van der Waals surface area contributed by atoms with Crippen LogP contribution in [-0.2, 0) is 99.6 Å². The summed E-state index contributed by atoms with van der Waals surface area (Å²) in [5.74, 6) is -1.93. The van der Waals surface area contributed by atoms with Crippen LogP contribution < -0.4 is 10.6 Å². The van der Waals surface area contributed by atoms with Crippen molar-refractivity contribution in [3.63, 3.8) is 0 Å². The summed E-state index contributed by atoms with van der Waals surface area (Å²) in [5.41, 5.74) is 0. The third kappa shape index (κ3) is 19.9. The molecule has 50 atom stereocenters. The SMILES string of the molecule is CC(=O)N[C@@H]1[C@@H](O[C@@H]2O[C@@H](C)[C@@H](O)[C@@H](O)[C@@H]2O)[C@H](O[C@@H]2O[C@H](CO)[C@@H](O[C@@H]3O[C@H](CO[C@H]4O[C@H](CO)[C@@H](O)[C@H](O)[C@@H]4O)[C@@H](O[C@@H]4O[C@H](CO)[C@H](O)[C@H](O)[C@H]4O[C@@H]4O[C@@H](C)[C@@H](O)[C@@H](O)[C@@H]4O)[C@H](O[C@H]4O[C@H](CO)[C@@H](O[C@H]5O[C@H](CO)[C@H](O)[C@H](O)[C@H]5O)[C@H](O)[C@@H]4O)[C@@H]3O)[C@H](O)[C@H]2NC(C)=O)[C@@H](CO[C@@H]2O[C@@H](C)[C@@H](O)[C@@H](O)[C@@H]2O)O[C@H]1O. The number of aliphatic hydroxyl groups excluding tert-OH is 27. The molecule has 10 aliphatic rings. The number of rotatable bonds is 27. The molecule has 0 bridgehead atoms. The normalized spacial score (nSPS) is 52.5. The van der Waals surface area contributed by atoms with Crippen molar-refractivity contribution in [1.29, 1.82) is 0 Å². The quantitative estimate of drug-likeness (QED) is 0.0363. The molecule has 0 radical (unpaired) electrons. The van der Waals surface area contributed by atoms with Gasteiger partial charge in [0.05, 0.1) is 64.6 Å². The molecule has 114 heavy (non-hydrogen) atoms. The first-order chi connectivity index (χ1) is 53.8. The minimum atomic E-state index is -2.69. The van der Waals surface area contributed by atoms with Crippen LogP contribution in [-0.4, -0.2) is 503 Å². The van der Waals surface area contributed by atoms with Crippen LogP contribution in [0.25, 0.3) is 0 Å². The zero-order chi connectivity index (χ0) is 83.8. The summed E-state index contributed by atoms with van der Waals surface area (Å²) < 4.78 is 114. The van der Waals surface area contributed by atoms with Crippen LogP contribution in [0.5, 0.6) is 0 Å². The van der Waals surface area contributed by atoms with E-state index in [-0.39, 0.29) is 0 Å². The van der Waals surface area contributed by atoms with Crippen LogP contribution in [0, 0.1) is 0 Å². The van der Waals surface area contributed by atoms with Gasteiger partial charge in [-0.1, -0.05) is 0 Å². The van der Waals surface area contributed by atoms with E-state index in [0.717, 1.165) is 13.8 Å². The molecule has 50 heteroatoms. The third-order valence-electron chi connectivity index (χ3n) is 21.5. The topological polar surface area (TPSA) is 780 Å². The first-order valence-electron chi connectivity index (χ1n) is 36.7. The molecule has 0 saturated carbocycles. The molecule has 2 amide bonds. The van der Waals surface area contributed by atoms with Gasteiger partial charge in [-0.2, -0.15) is 0 Å². The number of amides is 2. The fourth-order valence-electron chi connectivity index (χ4n) is 14.9. The Morgan fingerprint density at radius 2 is 0.526 bits per heavy atom. The molecular formula is C64H108N2O48. The van der Waals surface area contributed by atoms with E-state index in [4.69, 9.17) is 90.0 Å². The van der Waals surface area contributed by atoms with Gasteiger partial charge >= 0.3 is 0 Å². The number of hydrogen-bond donors (Lipinski definition) is 29. The lowest BCUT2D eigenvalue weighted by Gasteiger charge is -2.52. The summed E-state index contributed by atoms with van der Waals surface area (Å²) in [4.78, 5) is 26.5. The minimum absolute atomic E-state index is 0.902. The van der Waals surface area contributed by atoms with Crippen molar-refractivity contribution in [3.05, 3.63) is 0 Å². The van der Waals surface area contributed by atoms with Crippen molar-refractivity contribution in [1.82, 2.24) is 10.6 Å². The van der Waals surface area contributed by atoms with Crippen LogP contribution in [0.1, 0.15) is 34.6 Å². The lowest BCUT2D eigenvalue weighted by Crippen LogP contribution is -2.72. The maximum absolute atomic E-state index is 13.5. The maximum atomic E-state index is 13.5. The van der Waals surface area contributed by atoms with Crippen molar-refractivity contribution in [2.45, 2.75) is 342 Å². The predicted octanol–water partition coefficient (Wildman–Crippen LogP) is -19.4. The molecule has 0 aliphatic carbocycles. The molecule has 0 spiro atoms. The van der Waals surface area contributed by atoms with Gasteiger partial charge in [-0.15, -0.1) is 0 Å². The van der Waals surface area contributed by atoms with E-state index in [1.54, 1.807) is 0 Å². The summed E-state index contributed by atoms with van der Waals surface area (Å²) >= 11 is 0. The van der Waals surface area contributed by atoms with Gasteiger partial charge in [0.2, 0.25) is 11.8 Å². The van der Waals surface area contributed by atoms with Crippen molar-refractivity contribution in [2.75, 3.05) is 46.2 Å². The van der Waals surface area contributed by atoms with Gasteiger partial charge in [0.1, 0.15) is 226 Å². The van der Waals surface area contributed by atoms with Gasteiger partial charge in [-0.3, -0.25) is 9.59 Å². The van der Waals surface area contributed by atoms with E-state index in [0.29, 0.717) is 0 Å². The Labute approximate surface area is 646 Å². The molecule has 0 aromatic heterocycles. The van der Waals surface area contributed by atoms with Gasteiger partial charge in [-0.25, -0.2) is 0 Å². The molecule has 10 heterocycles. The average Bonchev–Trinajstić information content (AvgIpc) is 0.758. The zero-order valence-electron chi connectivity index (χ0n) is 61.5. The van der Waals surface area contributed by atoms with Crippen LogP contribution in [0.4, 0.5) is 0 Å². The second-order valence-electron chi connectivity index (χ2n) is 29.5. The van der Waals surface area contributed by atoms with E-state index in [9.17, 15) is 147 Å². The molecule has 50 nitrogen and oxygen atoms in total. The number of carbonyl (C=O) groups is 2. The summed E-state index contributed by atoms with van der Waals surface area (Å²) in [7, 11) is 0. The number of nitrogens with one attached hydrogen (secondary N) is 2. The standard InChI is InChI=1S/C64H108N2O48/c1-13-27(74)34(81)41(88)57(98-13)96-11-23-50(52(26(55(95)101-23)66-17(5)73)112-59-43(90)35(82)28(75)14(2)99-59)110-56-25(65-16(4)72)33(80)48(21(9-70)105-56)108-63-47(94)53(113-62-46(93)40(87)49(22(10-71)106-62)109-61-45(92)38(85)31(78)19(7-68)103-61)51(24(107-63)12-97-58-42(89)37(84)30(77)18(6-67)102-58)111-64-54(39(86)32(79)20(8-69)104-64)114-60-44(91)36(83)29(76)15(3)100-60/h13-15,18-64,67-71,74-95H,6-12H2,1-5H3,(H,65,72)(H,66,73)/t13-,14-,15-,18+,19+,20+,21+,22+,23+,24+,25+,26+,27+,28+,29+,30+,31-,32-,33+,34+,35+,36+,37-,38-,39-,40+,41-,42-,43-,44-,45+,46-,47-,48+,49+,50+,51+,52+,53+,54+,55+,56-,57+,58-,59-,60-,61+,62+,63-,64-/m0/s1. The number of aliphatic hydroxyl groups is 27. The average molecular weight is 1670 g/mol. The molecule has 0 aromatic rings. The molecule has 29 N–H and O–H groups in total. The van der Waals surface area contributed by atoms with E-state index in [2.05, 4.69) is 10.6 Å². The Balaban J connectivity index is 1.04. The highest BCUT2D eigenvalue weighted by atomic mass is 16.8. The lowest BCUT2D eigenvalue weighted by atomic mass is 9.93. The summed E-state index contributed by atoms with van der Waals surface area (Å²) in [6.07, 6.45) is -99.5. The van der Waals surface area contributed by atoms with Crippen LogP contribution in [0.2, 0.25) is 0 Å². The fourth-order valence-corrected chi connectivity index (χ4v) is 14.9. The first kappa shape index (κ1) is 93.4. The maximum Gasteiger partial charge on any atom is 0.217 e. The van der Waals surface area contributed by atoms with Gasteiger partial charge in [0, 0.05) is 13.8 Å². The molecule has 10 saturated heterocycles. The van der Waals surface area contributed by atoms with Crippen molar-refractivity contribution < 1.29 is 237 Å². The van der Waals surface area contributed by atoms with Gasteiger partial charge in [-0.05, 0) is 20.8 Å². The number of carbonyl (C=O) groups excluding carboxylic acids is 2. The zero-order valence-corrected chi connectivity index (χ0v) is 61.5. The molecule has 0 aromatic carbocycles. The smallest absolute Gasteiger partial charge is 0.217 e. The molecule has 10 fully saturated rings. The Morgan fingerprint density at radius 1 is 0.246 bits per heavy atom.